The van der Waals surface area contributed by atoms with Crippen molar-refractivity contribution in [2.45, 2.75) is 82.8 Å². The Morgan fingerprint density at radius 2 is 1.95 bits per heavy atom. The minimum Gasteiger partial charge on any atom is -0.468 e. The van der Waals surface area contributed by atoms with Crippen LogP contribution in [0.15, 0.2) is 0 Å². The van der Waals surface area contributed by atoms with Crippen molar-refractivity contribution in [3.63, 3.8) is 0 Å². The zero-order chi connectivity index (χ0) is 15.5. The average Bonchev–Trinajstić information content (AvgIpc) is 3.09. The molecule has 0 saturated heterocycles. The summed E-state index contributed by atoms with van der Waals surface area (Å²) >= 11 is 0. The SMILES string of the molecule is COC(=O)C1(N)CCC(N(CCC(C)C)C2CCCC2)C1. The minimum atomic E-state index is -0.756. The molecular formula is C17H32N2O2. The lowest BCUT2D eigenvalue weighted by atomic mass is 9.98. The van der Waals surface area contributed by atoms with Crippen molar-refractivity contribution in [1.29, 1.82) is 0 Å². The van der Waals surface area contributed by atoms with Gasteiger partial charge >= 0.3 is 5.97 Å². The molecule has 2 atom stereocenters. The van der Waals surface area contributed by atoms with Gasteiger partial charge in [0, 0.05) is 12.1 Å². The van der Waals surface area contributed by atoms with Crippen LogP contribution >= 0.6 is 0 Å². The van der Waals surface area contributed by atoms with Gasteiger partial charge in [-0.15, -0.1) is 0 Å². The number of hydrogen-bond acceptors (Lipinski definition) is 4. The second-order valence-corrected chi connectivity index (χ2v) is 7.40. The Bertz CT molecular complexity index is 353. The smallest absolute Gasteiger partial charge is 0.325 e. The van der Waals surface area contributed by atoms with Gasteiger partial charge in [-0.05, 0) is 51.0 Å². The predicted molar refractivity (Wildman–Crippen MR) is 85.0 cm³/mol. The van der Waals surface area contributed by atoms with Crippen molar-refractivity contribution in [3.05, 3.63) is 0 Å². The van der Waals surface area contributed by atoms with Crippen LogP contribution in [0.3, 0.4) is 0 Å². The Morgan fingerprint density at radius 1 is 1.29 bits per heavy atom. The molecule has 2 fully saturated rings. The number of rotatable bonds is 6. The van der Waals surface area contributed by atoms with Gasteiger partial charge in [-0.1, -0.05) is 26.7 Å². The van der Waals surface area contributed by atoms with Gasteiger partial charge in [-0.2, -0.15) is 0 Å². The predicted octanol–water partition coefficient (Wildman–Crippen LogP) is 2.70. The van der Waals surface area contributed by atoms with E-state index in [-0.39, 0.29) is 5.97 Å². The van der Waals surface area contributed by atoms with E-state index in [1.165, 1.54) is 39.2 Å². The van der Waals surface area contributed by atoms with Gasteiger partial charge in [0.05, 0.1) is 7.11 Å². The average molecular weight is 296 g/mol. The molecule has 0 spiro atoms. The summed E-state index contributed by atoms with van der Waals surface area (Å²) in [5, 5.41) is 0. The number of nitrogens with zero attached hydrogens (tertiary/aromatic N) is 1. The molecule has 2 unspecified atom stereocenters. The number of nitrogens with two attached hydrogens (primary N) is 1. The molecule has 0 aliphatic heterocycles. The second kappa shape index (κ2) is 7.10. The Morgan fingerprint density at radius 3 is 2.52 bits per heavy atom. The van der Waals surface area contributed by atoms with Crippen LogP contribution in [0.5, 0.6) is 0 Å². The van der Waals surface area contributed by atoms with E-state index < -0.39 is 5.54 Å². The molecule has 0 radical (unpaired) electrons. The molecule has 0 aromatic heterocycles. The molecule has 4 nitrogen and oxygen atoms in total. The Labute approximate surface area is 129 Å². The highest BCUT2D eigenvalue weighted by molar-refractivity contribution is 5.81. The van der Waals surface area contributed by atoms with Crippen LogP contribution < -0.4 is 5.73 Å². The topological polar surface area (TPSA) is 55.6 Å². The minimum absolute atomic E-state index is 0.236. The molecular weight excluding hydrogens is 264 g/mol. The lowest BCUT2D eigenvalue weighted by molar-refractivity contribution is -0.147. The van der Waals surface area contributed by atoms with E-state index in [2.05, 4.69) is 18.7 Å². The van der Waals surface area contributed by atoms with Crippen LogP contribution in [-0.4, -0.2) is 42.1 Å². The van der Waals surface area contributed by atoms with Gasteiger partial charge in [0.15, 0.2) is 0 Å². The molecule has 2 aliphatic rings. The highest BCUT2D eigenvalue weighted by Crippen LogP contribution is 2.36. The van der Waals surface area contributed by atoms with Gasteiger partial charge < -0.3 is 10.5 Å². The van der Waals surface area contributed by atoms with Crippen molar-refractivity contribution in [1.82, 2.24) is 4.90 Å². The Kier molecular flexibility index (Phi) is 5.67. The van der Waals surface area contributed by atoms with E-state index in [4.69, 9.17) is 10.5 Å². The van der Waals surface area contributed by atoms with Gasteiger partial charge in [-0.3, -0.25) is 9.69 Å². The third-order valence-electron chi connectivity index (χ3n) is 5.34. The number of esters is 1. The van der Waals surface area contributed by atoms with Crippen molar-refractivity contribution in [2.75, 3.05) is 13.7 Å². The van der Waals surface area contributed by atoms with Gasteiger partial charge in [-0.25, -0.2) is 0 Å². The molecule has 0 heterocycles. The summed E-state index contributed by atoms with van der Waals surface area (Å²) in [5.74, 6) is 0.485. The molecule has 122 valence electrons. The van der Waals surface area contributed by atoms with Crippen molar-refractivity contribution in [3.8, 4) is 0 Å². The van der Waals surface area contributed by atoms with E-state index in [1.54, 1.807) is 0 Å². The standard InChI is InChI=1S/C17H32N2O2/c1-13(2)9-11-19(14-6-4-5-7-14)15-8-10-17(18,12-15)16(20)21-3/h13-15H,4-12,18H2,1-3H3. The monoisotopic (exact) mass is 296 g/mol. The number of hydrogen-bond donors (Lipinski definition) is 1. The molecule has 0 bridgehead atoms. The fourth-order valence-corrected chi connectivity index (χ4v) is 4.03. The summed E-state index contributed by atoms with van der Waals surface area (Å²) in [6.45, 7) is 5.70. The Balaban J connectivity index is 2.01. The fourth-order valence-electron chi connectivity index (χ4n) is 4.03. The molecule has 2 saturated carbocycles. The maximum absolute atomic E-state index is 11.9. The third kappa shape index (κ3) is 3.98. The lowest BCUT2D eigenvalue weighted by Crippen LogP contribution is -2.49. The fraction of sp³-hybridized carbons (Fsp3) is 0.941. The second-order valence-electron chi connectivity index (χ2n) is 7.40. The van der Waals surface area contributed by atoms with Crippen LogP contribution in [0, 0.1) is 5.92 Å². The molecule has 4 heteroatoms. The Hall–Kier alpha value is -0.610. The van der Waals surface area contributed by atoms with Crippen LogP contribution in [0.4, 0.5) is 0 Å². The first kappa shape index (κ1) is 16.8. The van der Waals surface area contributed by atoms with Crippen LogP contribution in [-0.2, 0) is 9.53 Å². The first-order valence-corrected chi connectivity index (χ1v) is 8.59. The zero-order valence-corrected chi connectivity index (χ0v) is 13.9. The third-order valence-corrected chi connectivity index (χ3v) is 5.34. The number of carbonyl (C=O) groups is 1. The summed E-state index contributed by atoms with van der Waals surface area (Å²) < 4.78 is 4.91. The van der Waals surface area contributed by atoms with Crippen LogP contribution in [0.1, 0.15) is 65.2 Å². The molecule has 2 rings (SSSR count). The summed E-state index contributed by atoms with van der Waals surface area (Å²) in [6.07, 6.45) is 9.09. The van der Waals surface area contributed by atoms with E-state index in [0.717, 1.165) is 31.7 Å². The largest absolute Gasteiger partial charge is 0.468 e. The molecule has 0 aromatic rings. The van der Waals surface area contributed by atoms with Crippen molar-refractivity contribution >= 4 is 5.97 Å². The van der Waals surface area contributed by atoms with Gasteiger partial charge in [0.25, 0.3) is 0 Å². The highest BCUT2D eigenvalue weighted by atomic mass is 16.5. The van der Waals surface area contributed by atoms with E-state index in [1.807, 2.05) is 0 Å². The van der Waals surface area contributed by atoms with E-state index in [9.17, 15) is 4.79 Å². The first-order chi connectivity index (χ1) is 9.96. The molecule has 0 aromatic carbocycles. The quantitative estimate of drug-likeness (QED) is 0.766. The number of ether oxygens (including phenoxy) is 1. The molecule has 2 aliphatic carbocycles. The summed E-state index contributed by atoms with van der Waals surface area (Å²) in [5.41, 5.74) is 5.54. The normalized spacial score (nSPS) is 30.5. The van der Waals surface area contributed by atoms with Crippen LogP contribution in [0.2, 0.25) is 0 Å². The summed E-state index contributed by atoms with van der Waals surface area (Å²) in [4.78, 5) is 14.6. The molecule has 21 heavy (non-hydrogen) atoms. The molecule has 0 amide bonds. The maximum Gasteiger partial charge on any atom is 0.325 e. The number of carbonyl (C=O) groups excluding carboxylic acids is 1. The van der Waals surface area contributed by atoms with Gasteiger partial charge in [0.2, 0.25) is 0 Å². The van der Waals surface area contributed by atoms with E-state index >= 15 is 0 Å². The first-order valence-electron chi connectivity index (χ1n) is 8.59. The maximum atomic E-state index is 11.9. The lowest BCUT2D eigenvalue weighted by Gasteiger charge is -2.35. The summed E-state index contributed by atoms with van der Waals surface area (Å²) in [7, 11) is 1.44. The summed E-state index contributed by atoms with van der Waals surface area (Å²) in [6, 6.07) is 1.16. The van der Waals surface area contributed by atoms with Crippen molar-refractivity contribution < 1.29 is 9.53 Å². The van der Waals surface area contributed by atoms with Crippen molar-refractivity contribution in [2.24, 2.45) is 11.7 Å². The number of methoxy groups -OCH3 is 1. The van der Waals surface area contributed by atoms with E-state index in [0.29, 0.717) is 12.1 Å². The van der Waals surface area contributed by atoms with Gasteiger partial charge in [0.1, 0.15) is 5.54 Å². The zero-order valence-electron chi connectivity index (χ0n) is 13.9. The highest BCUT2D eigenvalue weighted by Gasteiger charge is 2.45. The molecule has 2 N–H and O–H groups in total. The van der Waals surface area contributed by atoms with Crippen LogP contribution in [0.25, 0.3) is 0 Å².